The van der Waals surface area contributed by atoms with Crippen molar-refractivity contribution in [2.45, 2.75) is 6.54 Å². The van der Waals surface area contributed by atoms with Crippen LogP contribution in [-0.2, 0) is 6.54 Å². The van der Waals surface area contributed by atoms with Gasteiger partial charge in [-0.15, -0.1) is 0 Å². The minimum atomic E-state index is -0.252. The summed E-state index contributed by atoms with van der Waals surface area (Å²) in [5, 5.41) is 9.81. The van der Waals surface area contributed by atoms with Crippen LogP contribution in [0.15, 0.2) is 42.7 Å². The lowest BCUT2D eigenvalue weighted by atomic mass is 10.1. The minimum Gasteiger partial charge on any atom is -0.493 e. The molecule has 0 radical (unpaired) electrons. The SMILES string of the molecule is COc1cc(-c2cc(C(=O)NCc3ccncc3)[nH]n2)cc(OC)c1OC. The Hall–Kier alpha value is -3.55. The normalized spacial score (nSPS) is 10.3. The molecule has 1 aromatic carbocycles. The predicted molar refractivity (Wildman–Crippen MR) is 99.1 cm³/mol. The second-order valence-corrected chi connectivity index (χ2v) is 5.62. The van der Waals surface area contributed by atoms with Gasteiger partial charge < -0.3 is 19.5 Å². The highest BCUT2D eigenvalue weighted by molar-refractivity contribution is 5.93. The zero-order chi connectivity index (χ0) is 19.2. The summed E-state index contributed by atoms with van der Waals surface area (Å²) < 4.78 is 16.0. The highest BCUT2D eigenvalue weighted by Gasteiger charge is 2.17. The molecule has 0 aliphatic heterocycles. The monoisotopic (exact) mass is 368 g/mol. The van der Waals surface area contributed by atoms with Crippen LogP contribution in [0.25, 0.3) is 11.3 Å². The second-order valence-electron chi connectivity index (χ2n) is 5.62. The molecule has 0 unspecified atom stereocenters. The van der Waals surface area contributed by atoms with Gasteiger partial charge in [-0.25, -0.2) is 0 Å². The summed E-state index contributed by atoms with van der Waals surface area (Å²) in [4.78, 5) is 16.3. The van der Waals surface area contributed by atoms with E-state index in [1.165, 1.54) is 0 Å². The van der Waals surface area contributed by atoms with Crippen LogP contribution in [-0.4, -0.2) is 42.4 Å². The molecule has 8 heteroatoms. The number of nitrogens with zero attached hydrogens (tertiary/aromatic N) is 2. The maximum atomic E-state index is 12.3. The molecule has 8 nitrogen and oxygen atoms in total. The number of carbonyl (C=O) groups excluding carboxylic acids is 1. The van der Waals surface area contributed by atoms with Crippen molar-refractivity contribution in [3.63, 3.8) is 0 Å². The highest BCUT2D eigenvalue weighted by Crippen LogP contribution is 2.40. The quantitative estimate of drug-likeness (QED) is 0.665. The number of aromatic nitrogens is 3. The molecule has 1 amide bonds. The van der Waals surface area contributed by atoms with E-state index in [0.29, 0.717) is 35.2 Å². The van der Waals surface area contributed by atoms with E-state index < -0.39 is 0 Å². The zero-order valence-electron chi connectivity index (χ0n) is 15.3. The molecule has 2 heterocycles. The first kappa shape index (κ1) is 18.2. The van der Waals surface area contributed by atoms with Crippen molar-refractivity contribution in [1.29, 1.82) is 0 Å². The average Bonchev–Trinajstić information content (AvgIpc) is 3.22. The smallest absolute Gasteiger partial charge is 0.269 e. The summed E-state index contributed by atoms with van der Waals surface area (Å²) >= 11 is 0. The van der Waals surface area contributed by atoms with Gasteiger partial charge in [-0.1, -0.05) is 0 Å². The topological polar surface area (TPSA) is 98.4 Å². The Bertz CT molecular complexity index is 899. The van der Waals surface area contributed by atoms with Gasteiger partial charge >= 0.3 is 0 Å². The summed E-state index contributed by atoms with van der Waals surface area (Å²) in [6.07, 6.45) is 3.36. The molecule has 0 atom stereocenters. The Balaban J connectivity index is 1.80. The number of carbonyl (C=O) groups is 1. The van der Waals surface area contributed by atoms with Gasteiger partial charge in [0.25, 0.3) is 5.91 Å². The first-order valence-corrected chi connectivity index (χ1v) is 8.19. The third-order valence-corrected chi connectivity index (χ3v) is 3.99. The summed E-state index contributed by atoms with van der Waals surface area (Å²) in [6, 6.07) is 8.90. The van der Waals surface area contributed by atoms with E-state index in [2.05, 4.69) is 20.5 Å². The van der Waals surface area contributed by atoms with Gasteiger partial charge in [0, 0.05) is 24.5 Å². The molecule has 0 aliphatic rings. The van der Waals surface area contributed by atoms with Gasteiger partial charge in [0.2, 0.25) is 5.75 Å². The lowest BCUT2D eigenvalue weighted by Crippen LogP contribution is -2.23. The minimum absolute atomic E-state index is 0.252. The van der Waals surface area contributed by atoms with Crippen molar-refractivity contribution in [2.24, 2.45) is 0 Å². The second kappa shape index (κ2) is 8.22. The number of benzene rings is 1. The fourth-order valence-corrected chi connectivity index (χ4v) is 2.59. The number of pyridine rings is 1. The number of hydrogen-bond donors (Lipinski definition) is 2. The van der Waals surface area contributed by atoms with Crippen molar-refractivity contribution in [1.82, 2.24) is 20.5 Å². The summed E-state index contributed by atoms with van der Waals surface area (Å²) in [5.74, 6) is 1.27. The molecule has 3 aromatic rings. The number of ether oxygens (including phenoxy) is 3. The molecule has 0 fully saturated rings. The van der Waals surface area contributed by atoms with Crippen molar-refractivity contribution in [3.8, 4) is 28.5 Å². The number of aromatic amines is 1. The maximum absolute atomic E-state index is 12.3. The molecular formula is C19H20N4O4. The zero-order valence-corrected chi connectivity index (χ0v) is 15.3. The first-order valence-electron chi connectivity index (χ1n) is 8.19. The van der Waals surface area contributed by atoms with Gasteiger partial charge in [0.1, 0.15) is 5.69 Å². The van der Waals surface area contributed by atoms with Crippen LogP contribution in [0.3, 0.4) is 0 Å². The first-order chi connectivity index (χ1) is 13.2. The Morgan fingerprint density at radius 2 is 1.70 bits per heavy atom. The third-order valence-electron chi connectivity index (χ3n) is 3.99. The van der Waals surface area contributed by atoms with E-state index in [1.807, 2.05) is 12.1 Å². The Morgan fingerprint density at radius 1 is 1.04 bits per heavy atom. The lowest BCUT2D eigenvalue weighted by Gasteiger charge is -2.13. The Labute approximate surface area is 156 Å². The van der Waals surface area contributed by atoms with Crippen LogP contribution in [0.2, 0.25) is 0 Å². The van der Waals surface area contributed by atoms with E-state index in [9.17, 15) is 4.79 Å². The van der Waals surface area contributed by atoms with Crippen molar-refractivity contribution in [3.05, 3.63) is 54.0 Å². The van der Waals surface area contributed by atoms with Crippen LogP contribution in [0.4, 0.5) is 0 Å². The third kappa shape index (κ3) is 4.00. The Morgan fingerprint density at radius 3 is 2.30 bits per heavy atom. The molecular weight excluding hydrogens is 348 g/mol. The largest absolute Gasteiger partial charge is 0.493 e. The summed E-state index contributed by atoms with van der Waals surface area (Å²) in [5.41, 5.74) is 2.63. The van der Waals surface area contributed by atoms with Crippen LogP contribution >= 0.6 is 0 Å². The van der Waals surface area contributed by atoms with Crippen LogP contribution in [0.5, 0.6) is 17.2 Å². The van der Waals surface area contributed by atoms with Crippen LogP contribution in [0, 0.1) is 0 Å². The number of H-pyrrole nitrogens is 1. The van der Waals surface area contributed by atoms with Gasteiger partial charge in [0.15, 0.2) is 11.5 Å². The average molecular weight is 368 g/mol. The van der Waals surface area contributed by atoms with Crippen molar-refractivity contribution >= 4 is 5.91 Å². The molecule has 2 aromatic heterocycles. The number of rotatable bonds is 7. The molecule has 27 heavy (non-hydrogen) atoms. The maximum Gasteiger partial charge on any atom is 0.269 e. The van der Waals surface area contributed by atoms with Crippen LogP contribution < -0.4 is 19.5 Å². The van der Waals surface area contributed by atoms with E-state index in [0.717, 1.165) is 11.1 Å². The van der Waals surface area contributed by atoms with Crippen LogP contribution in [0.1, 0.15) is 16.1 Å². The fraction of sp³-hybridized carbons (Fsp3) is 0.211. The molecule has 0 saturated heterocycles. The van der Waals surface area contributed by atoms with Crippen molar-refractivity contribution in [2.75, 3.05) is 21.3 Å². The van der Waals surface area contributed by atoms with E-state index in [-0.39, 0.29) is 5.91 Å². The molecule has 0 saturated carbocycles. The van der Waals surface area contributed by atoms with Gasteiger partial charge in [-0.2, -0.15) is 5.10 Å². The molecule has 3 rings (SSSR count). The van der Waals surface area contributed by atoms with Crippen molar-refractivity contribution < 1.29 is 19.0 Å². The molecule has 0 spiro atoms. The summed E-state index contributed by atoms with van der Waals surface area (Å²) in [6.45, 7) is 0.403. The standard InChI is InChI=1S/C19H20N4O4/c1-25-16-8-13(9-17(26-2)18(16)27-3)14-10-15(23-22-14)19(24)21-11-12-4-6-20-7-5-12/h4-10H,11H2,1-3H3,(H,21,24)(H,22,23). The summed E-state index contributed by atoms with van der Waals surface area (Å²) in [7, 11) is 4.63. The molecule has 0 bridgehead atoms. The fourth-order valence-electron chi connectivity index (χ4n) is 2.59. The molecule has 0 aliphatic carbocycles. The van der Waals surface area contributed by atoms with E-state index in [4.69, 9.17) is 14.2 Å². The number of amides is 1. The highest BCUT2D eigenvalue weighted by atomic mass is 16.5. The molecule has 140 valence electrons. The lowest BCUT2D eigenvalue weighted by molar-refractivity contribution is 0.0946. The Kier molecular flexibility index (Phi) is 5.55. The number of methoxy groups -OCH3 is 3. The number of nitrogens with one attached hydrogen (secondary N) is 2. The van der Waals surface area contributed by atoms with Gasteiger partial charge in [0.05, 0.1) is 27.0 Å². The van der Waals surface area contributed by atoms with Gasteiger partial charge in [-0.05, 0) is 35.9 Å². The van der Waals surface area contributed by atoms with Gasteiger partial charge in [-0.3, -0.25) is 14.9 Å². The predicted octanol–water partition coefficient (Wildman–Crippen LogP) is 2.43. The van der Waals surface area contributed by atoms with E-state index >= 15 is 0 Å². The number of hydrogen-bond acceptors (Lipinski definition) is 6. The molecule has 2 N–H and O–H groups in total. The van der Waals surface area contributed by atoms with E-state index in [1.54, 1.807) is 51.9 Å².